The minimum atomic E-state index is 0.292. The van der Waals surface area contributed by atoms with Crippen LogP contribution in [0, 0.1) is 18.8 Å². The summed E-state index contributed by atoms with van der Waals surface area (Å²) in [6.45, 7) is 10.1. The molecule has 1 aromatic rings. The molecule has 0 bridgehead atoms. The van der Waals surface area contributed by atoms with Crippen LogP contribution in [0.25, 0.3) is 0 Å². The first-order valence-electron chi connectivity index (χ1n) is 8.06. The van der Waals surface area contributed by atoms with Crippen molar-refractivity contribution < 1.29 is 4.74 Å². The van der Waals surface area contributed by atoms with E-state index in [4.69, 9.17) is 4.74 Å². The van der Waals surface area contributed by atoms with Crippen LogP contribution in [0.1, 0.15) is 45.6 Å². The molecule has 0 amide bonds. The van der Waals surface area contributed by atoms with Crippen molar-refractivity contribution in [1.29, 1.82) is 0 Å². The van der Waals surface area contributed by atoms with Crippen LogP contribution in [0.3, 0.4) is 0 Å². The van der Waals surface area contributed by atoms with Gasteiger partial charge in [-0.3, -0.25) is 0 Å². The largest absolute Gasteiger partial charge is 0.489 e. The first kappa shape index (κ1) is 15.4. The second-order valence-electron chi connectivity index (χ2n) is 6.51. The lowest BCUT2D eigenvalue weighted by Gasteiger charge is -2.40. The SMILES string of the molecule is CCCNC1CC(C)CC(C)C1Oc1ccc(C)cc1. The molecule has 1 aliphatic rings. The summed E-state index contributed by atoms with van der Waals surface area (Å²) in [5, 5.41) is 3.69. The first-order valence-corrected chi connectivity index (χ1v) is 8.06. The van der Waals surface area contributed by atoms with Gasteiger partial charge in [-0.15, -0.1) is 0 Å². The van der Waals surface area contributed by atoms with Gasteiger partial charge in [0, 0.05) is 6.04 Å². The molecule has 2 nitrogen and oxygen atoms in total. The predicted octanol–water partition coefficient (Wildman–Crippen LogP) is 4.18. The zero-order chi connectivity index (χ0) is 14.5. The molecular weight excluding hydrogens is 246 g/mol. The quantitative estimate of drug-likeness (QED) is 0.870. The van der Waals surface area contributed by atoms with Crippen molar-refractivity contribution in [2.45, 2.75) is 59.1 Å². The van der Waals surface area contributed by atoms with Gasteiger partial charge in [0.25, 0.3) is 0 Å². The van der Waals surface area contributed by atoms with E-state index < -0.39 is 0 Å². The third kappa shape index (κ3) is 3.99. The highest BCUT2D eigenvalue weighted by Crippen LogP contribution is 2.32. The van der Waals surface area contributed by atoms with E-state index >= 15 is 0 Å². The highest BCUT2D eigenvalue weighted by atomic mass is 16.5. The van der Waals surface area contributed by atoms with Crippen LogP contribution in [-0.4, -0.2) is 18.7 Å². The molecule has 1 N–H and O–H groups in total. The van der Waals surface area contributed by atoms with E-state index in [9.17, 15) is 0 Å². The third-order valence-electron chi connectivity index (χ3n) is 4.34. The molecule has 4 unspecified atom stereocenters. The van der Waals surface area contributed by atoms with Crippen LogP contribution < -0.4 is 10.1 Å². The smallest absolute Gasteiger partial charge is 0.119 e. The van der Waals surface area contributed by atoms with E-state index in [1.165, 1.54) is 24.8 Å². The van der Waals surface area contributed by atoms with Crippen molar-refractivity contribution >= 4 is 0 Å². The molecule has 0 aromatic heterocycles. The van der Waals surface area contributed by atoms with Gasteiger partial charge < -0.3 is 10.1 Å². The Balaban J connectivity index is 2.05. The van der Waals surface area contributed by atoms with Gasteiger partial charge in [-0.1, -0.05) is 38.5 Å². The molecule has 2 heteroatoms. The molecule has 0 saturated heterocycles. The van der Waals surface area contributed by atoms with Gasteiger partial charge in [0.05, 0.1) is 0 Å². The van der Waals surface area contributed by atoms with Gasteiger partial charge in [0.2, 0.25) is 0 Å². The Labute approximate surface area is 123 Å². The highest BCUT2D eigenvalue weighted by Gasteiger charge is 2.35. The predicted molar refractivity (Wildman–Crippen MR) is 85.2 cm³/mol. The Bertz CT molecular complexity index is 400. The van der Waals surface area contributed by atoms with Crippen LogP contribution in [-0.2, 0) is 0 Å². The molecule has 0 radical (unpaired) electrons. The van der Waals surface area contributed by atoms with Crippen molar-refractivity contribution in [3.05, 3.63) is 29.8 Å². The normalized spacial score (nSPS) is 30.2. The molecule has 0 heterocycles. The van der Waals surface area contributed by atoms with Crippen LogP contribution in [0.15, 0.2) is 24.3 Å². The molecular formula is C18H29NO. The van der Waals surface area contributed by atoms with Crippen molar-refractivity contribution in [3.63, 3.8) is 0 Å². The molecule has 4 atom stereocenters. The Kier molecular flexibility index (Phi) is 5.47. The van der Waals surface area contributed by atoms with Gasteiger partial charge >= 0.3 is 0 Å². The van der Waals surface area contributed by atoms with Crippen LogP contribution >= 0.6 is 0 Å². The van der Waals surface area contributed by atoms with E-state index in [-0.39, 0.29) is 0 Å². The number of nitrogens with one attached hydrogen (secondary N) is 1. The summed E-state index contributed by atoms with van der Waals surface area (Å²) < 4.78 is 6.32. The minimum Gasteiger partial charge on any atom is -0.489 e. The van der Waals surface area contributed by atoms with Gasteiger partial charge in [-0.25, -0.2) is 0 Å². The van der Waals surface area contributed by atoms with Crippen LogP contribution in [0.2, 0.25) is 0 Å². The topological polar surface area (TPSA) is 21.3 Å². The lowest BCUT2D eigenvalue weighted by Crippen LogP contribution is -2.51. The van der Waals surface area contributed by atoms with Crippen molar-refractivity contribution in [2.24, 2.45) is 11.8 Å². The summed E-state index contributed by atoms with van der Waals surface area (Å²) in [7, 11) is 0. The molecule has 1 saturated carbocycles. The maximum absolute atomic E-state index is 6.32. The van der Waals surface area contributed by atoms with E-state index in [0.29, 0.717) is 18.1 Å². The number of hydrogen-bond acceptors (Lipinski definition) is 2. The maximum atomic E-state index is 6.32. The van der Waals surface area contributed by atoms with Crippen molar-refractivity contribution in [3.8, 4) is 5.75 Å². The van der Waals surface area contributed by atoms with E-state index in [1.807, 2.05) is 0 Å². The Morgan fingerprint density at radius 3 is 2.50 bits per heavy atom. The number of ether oxygens (including phenoxy) is 1. The van der Waals surface area contributed by atoms with Crippen molar-refractivity contribution in [2.75, 3.05) is 6.54 Å². The summed E-state index contributed by atoms with van der Waals surface area (Å²) in [6, 6.07) is 8.92. The standard InChI is InChI=1S/C18H29NO/c1-5-10-19-17-12-14(3)11-15(4)18(17)20-16-8-6-13(2)7-9-16/h6-9,14-15,17-19H,5,10-12H2,1-4H3. The number of aryl methyl sites for hydroxylation is 1. The van der Waals surface area contributed by atoms with Gasteiger partial charge in [-0.2, -0.15) is 0 Å². The van der Waals surface area contributed by atoms with E-state index in [2.05, 4.69) is 57.3 Å². The van der Waals surface area contributed by atoms with Gasteiger partial charge in [0.15, 0.2) is 0 Å². The van der Waals surface area contributed by atoms with Gasteiger partial charge in [-0.05, 0) is 56.7 Å². The summed E-state index contributed by atoms with van der Waals surface area (Å²) in [4.78, 5) is 0. The molecule has 1 fully saturated rings. The molecule has 20 heavy (non-hydrogen) atoms. The lowest BCUT2D eigenvalue weighted by atomic mass is 9.78. The third-order valence-corrected chi connectivity index (χ3v) is 4.34. The zero-order valence-electron chi connectivity index (χ0n) is 13.4. The molecule has 1 aliphatic carbocycles. The highest BCUT2D eigenvalue weighted by molar-refractivity contribution is 5.26. The molecule has 0 spiro atoms. The second-order valence-corrected chi connectivity index (χ2v) is 6.51. The Morgan fingerprint density at radius 1 is 1.15 bits per heavy atom. The monoisotopic (exact) mass is 275 g/mol. The lowest BCUT2D eigenvalue weighted by molar-refractivity contribution is 0.0477. The van der Waals surface area contributed by atoms with Crippen LogP contribution in [0.5, 0.6) is 5.75 Å². The average molecular weight is 275 g/mol. The Morgan fingerprint density at radius 2 is 1.85 bits per heavy atom. The summed E-state index contributed by atoms with van der Waals surface area (Å²) in [6.07, 6.45) is 3.96. The van der Waals surface area contributed by atoms with Gasteiger partial charge in [0.1, 0.15) is 11.9 Å². The zero-order valence-corrected chi connectivity index (χ0v) is 13.4. The molecule has 0 aliphatic heterocycles. The summed E-state index contributed by atoms with van der Waals surface area (Å²) in [5.74, 6) is 2.40. The van der Waals surface area contributed by atoms with Crippen LogP contribution in [0.4, 0.5) is 0 Å². The van der Waals surface area contributed by atoms with E-state index in [1.54, 1.807) is 0 Å². The second kappa shape index (κ2) is 7.12. The first-order chi connectivity index (χ1) is 9.60. The fourth-order valence-electron chi connectivity index (χ4n) is 3.33. The number of hydrogen-bond donors (Lipinski definition) is 1. The summed E-state index contributed by atoms with van der Waals surface area (Å²) in [5.41, 5.74) is 1.28. The fourth-order valence-corrected chi connectivity index (χ4v) is 3.33. The minimum absolute atomic E-state index is 0.292. The summed E-state index contributed by atoms with van der Waals surface area (Å²) >= 11 is 0. The average Bonchev–Trinajstić information content (AvgIpc) is 2.42. The molecule has 112 valence electrons. The maximum Gasteiger partial charge on any atom is 0.119 e. The fraction of sp³-hybridized carbons (Fsp3) is 0.667. The molecule has 2 rings (SSSR count). The Hall–Kier alpha value is -1.02. The number of benzene rings is 1. The molecule has 1 aromatic carbocycles. The number of rotatable bonds is 5. The van der Waals surface area contributed by atoms with Crippen molar-refractivity contribution in [1.82, 2.24) is 5.32 Å². The van der Waals surface area contributed by atoms with E-state index in [0.717, 1.165) is 18.2 Å².